The number of carbonyl (C=O) groups excluding carboxylic acids is 1. The highest BCUT2D eigenvalue weighted by atomic mass is 16.5. The molecule has 1 N–H and O–H groups in total. The molecule has 23 heavy (non-hydrogen) atoms. The number of nitrogens with zero attached hydrogens (tertiary/aromatic N) is 6. The second-order valence-corrected chi connectivity index (χ2v) is 5.64. The molecular weight excluding hydrogens is 298 g/mol. The lowest BCUT2D eigenvalue weighted by Crippen LogP contribution is -2.28. The SMILES string of the molecule is CC(C)Cc1noc([C@@H](C)NC(=O)c2nc3ncccn3n2)n1. The number of amides is 1. The summed E-state index contributed by atoms with van der Waals surface area (Å²) < 4.78 is 6.63. The highest BCUT2D eigenvalue weighted by Gasteiger charge is 2.20. The normalized spacial score (nSPS) is 12.7. The van der Waals surface area contributed by atoms with Crippen LogP contribution in [0.1, 0.15) is 49.1 Å². The van der Waals surface area contributed by atoms with Crippen LogP contribution in [0.5, 0.6) is 0 Å². The number of aromatic nitrogens is 6. The van der Waals surface area contributed by atoms with Crippen molar-refractivity contribution in [2.24, 2.45) is 5.92 Å². The van der Waals surface area contributed by atoms with Gasteiger partial charge in [0, 0.05) is 18.8 Å². The van der Waals surface area contributed by atoms with Crippen molar-refractivity contribution < 1.29 is 9.32 Å². The van der Waals surface area contributed by atoms with Crippen LogP contribution in [0.15, 0.2) is 23.0 Å². The van der Waals surface area contributed by atoms with E-state index in [1.54, 1.807) is 25.4 Å². The Hall–Kier alpha value is -2.84. The number of fused-ring (bicyclic) bond motifs is 1. The molecule has 0 saturated heterocycles. The summed E-state index contributed by atoms with van der Waals surface area (Å²) in [7, 11) is 0. The van der Waals surface area contributed by atoms with E-state index in [1.165, 1.54) is 4.52 Å². The number of rotatable bonds is 5. The summed E-state index contributed by atoms with van der Waals surface area (Å²) >= 11 is 0. The molecule has 3 aromatic rings. The molecule has 9 nitrogen and oxygen atoms in total. The fourth-order valence-corrected chi connectivity index (χ4v) is 2.04. The van der Waals surface area contributed by atoms with E-state index in [4.69, 9.17) is 4.52 Å². The molecule has 0 aliphatic carbocycles. The van der Waals surface area contributed by atoms with E-state index in [0.717, 1.165) is 6.42 Å². The zero-order chi connectivity index (χ0) is 16.4. The lowest BCUT2D eigenvalue weighted by molar-refractivity contribution is 0.0922. The zero-order valence-electron chi connectivity index (χ0n) is 13.1. The second kappa shape index (κ2) is 6.11. The first-order valence-corrected chi connectivity index (χ1v) is 7.33. The third-order valence-electron chi connectivity index (χ3n) is 3.11. The molecule has 0 aliphatic heterocycles. The molecule has 0 spiro atoms. The fraction of sp³-hybridized carbons (Fsp3) is 0.429. The Bertz CT molecular complexity index is 790. The Morgan fingerprint density at radius 3 is 2.91 bits per heavy atom. The van der Waals surface area contributed by atoms with Gasteiger partial charge in [0.25, 0.3) is 11.7 Å². The van der Waals surface area contributed by atoms with Crippen LogP contribution in [0, 0.1) is 5.92 Å². The highest BCUT2D eigenvalue weighted by Crippen LogP contribution is 2.12. The predicted octanol–water partition coefficient (Wildman–Crippen LogP) is 1.20. The molecule has 1 atom stereocenters. The van der Waals surface area contributed by atoms with E-state index in [-0.39, 0.29) is 5.82 Å². The summed E-state index contributed by atoms with van der Waals surface area (Å²) in [6.07, 6.45) is 3.98. The Morgan fingerprint density at radius 2 is 2.17 bits per heavy atom. The quantitative estimate of drug-likeness (QED) is 0.753. The minimum absolute atomic E-state index is 0.0393. The van der Waals surface area contributed by atoms with Gasteiger partial charge in [0.15, 0.2) is 5.82 Å². The van der Waals surface area contributed by atoms with Gasteiger partial charge >= 0.3 is 0 Å². The molecule has 3 rings (SSSR count). The standard InChI is InChI=1S/C14H17N7O2/c1-8(2)7-10-17-13(23-20-10)9(3)16-12(22)11-18-14-15-5-4-6-21(14)19-11/h4-6,8-9H,7H2,1-3H3,(H,16,22)/t9-/m1/s1. The summed E-state index contributed by atoms with van der Waals surface area (Å²) in [5, 5.41) is 10.7. The van der Waals surface area contributed by atoms with E-state index >= 15 is 0 Å². The molecule has 3 aromatic heterocycles. The van der Waals surface area contributed by atoms with Crippen molar-refractivity contribution in [3.05, 3.63) is 36.0 Å². The van der Waals surface area contributed by atoms with E-state index < -0.39 is 11.9 Å². The Balaban J connectivity index is 1.70. The monoisotopic (exact) mass is 315 g/mol. The highest BCUT2D eigenvalue weighted by molar-refractivity contribution is 5.90. The minimum atomic E-state index is -0.435. The lowest BCUT2D eigenvalue weighted by Gasteiger charge is -2.06. The van der Waals surface area contributed by atoms with Crippen LogP contribution in [0.2, 0.25) is 0 Å². The van der Waals surface area contributed by atoms with E-state index in [1.807, 2.05) is 0 Å². The first-order chi connectivity index (χ1) is 11.0. The molecule has 0 aromatic carbocycles. The Labute approximate surface area is 132 Å². The van der Waals surface area contributed by atoms with Gasteiger partial charge in [-0.05, 0) is 18.9 Å². The summed E-state index contributed by atoms with van der Waals surface area (Å²) in [5.41, 5.74) is 0. The number of hydrogen-bond donors (Lipinski definition) is 1. The maximum atomic E-state index is 12.2. The summed E-state index contributed by atoms with van der Waals surface area (Å²) in [6, 6.07) is 1.27. The van der Waals surface area contributed by atoms with Crippen molar-refractivity contribution in [1.29, 1.82) is 0 Å². The first kappa shape index (κ1) is 15.1. The van der Waals surface area contributed by atoms with Crippen molar-refractivity contribution in [2.75, 3.05) is 0 Å². The van der Waals surface area contributed by atoms with Gasteiger partial charge in [-0.25, -0.2) is 9.50 Å². The van der Waals surface area contributed by atoms with Crippen molar-refractivity contribution in [2.45, 2.75) is 33.2 Å². The van der Waals surface area contributed by atoms with Crippen LogP contribution < -0.4 is 5.32 Å². The van der Waals surface area contributed by atoms with Gasteiger partial charge in [-0.1, -0.05) is 19.0 Å². The molecule has 0 saturated carbocycles. The number of hydrogen-bond acceptors (Lipinski definition) is 7. The van der Waals surface area contributed by atoms with Crippen LogP contribution in [-0.4, -0.2) is 35.6 Å². The van der Waals surface area contributed by atoms with Crippen LogP contribution in [0.25, 0.3) is 5.78 Å². The first-order valence-electron chi connectivity index (χ1n) is 7.33. The van der Waals surface area contributed by atoms with Gasteiger partial charge in [-0.15, -0.1) is 5.10 Å². The molecule has 1 amide bonds. The molecule has 0 aliphatic rings. The molecule has 0 radical (unpaired) electrons. The van der Waals surface area contributed by atoms with Crippen LogP contribution >= 0.6 is 0 Å². The summed E-state index contributed by atoms with van der Waals surface area (Å²) in [5.74, 6) is 1.40. The van der Waals surface area contributed by atoms with Crippen LogP contribution in [0.4, 0.5) is 0 Å². The average molecular weight is 315 g/mol. The fourth-order valence-electron chi connectivity index (χ4n) is 2.04. The van der Waals surface area contributed by atoms with Crippen molar-refractivity contribution in [1.82, 2.24) is 35.0 Å². The van der Waals surface area contributed by atoms with Crippen molar-refractivity contribution >= 4 is 11.7 Å². The van der Waals surface area contributed by atoms with Gasteiger partial charge in [0.1, 0.15) is 6.04 Å². The molecule has 0 unspecified atom stereocenters. The van der Waals surface area contributed by atoms with Gasteiger partial charge < -0.3 is 9.84 Å². The lowest BCUT2D eigenvalue weighted by atomic mass is 10.1. The molecule has 9 heteroatoms. The molecule has 3 heterocycles. The van der Waals surface area contributed by atoms with Crippen LogP contribution in [0.3, 0.4) is 0 Å². The van der Waals surface area contributed by atoms with E-state index in [9.17, 15) is 4.79 Å². The smallest absolute Gasteiger partial charge is 0.291 e. The van der Waals surface area contributed by atoms with E-state index in [0.29, 0.717) is 23.4 Å². The molecule has 0 fully saturated rings. The summed E-state index contributed by atoms with van der Waals surface area (Å²) in [6.45, 7) is 5.91. The van der Waals surface area contributed by atoms with Gasteiger partial charge in [0.05, 0.1) is 0 Å². The average Bonchev–Trinajstić information content (AvgIpc) is 3.12. The molecule has 120 valence electrons. The third-order valence-corrected chi connectivity index (χ3v) is 3.11. The van der Waals surface area contributed by atoms with Gasteiger partial charge in [-0.2, -0.15) is 9.97 Å². The topological polar surface area (TPSA) is 111 Å². The Morgan fingerprint density at radius 1 is 1.35 bits per heavy atom. The van der Waals surface area contributed by atoms with Crippen LogP contribution in [-0.2, 0) is 6.42 Å². The van der Waals surface area contributed by atoms with Gasteiger partial charge in [-0.3, -0.25) is 4.79 Å². The van der Waals surface area contributed by atoms with E-state index in [2.05, 4.69) is 44.4 Å². The minimum Gasteiger partial charge on any atom is -0.338 e. The molecular formula is C14H17N7O2. The third kappa shape index (κ3) is 3.33. The largest absolute Gasteiger partial charge is 0.338 e. The second-order valence-electron chi connectivity index (χ2n) is 5.64. The van der Waals surface area contributed by atoms with Gasteiger partial charge in [0.2, 0.25) is 11.7 Å². The van der Waals surface area contributed by atoms with Crippen molar-refractivity contribution in [3.8, 4) is 0 Å². The summed E-state index contributed by atoms with van der Waals surface area (Å²) in [4.78, 5) is 24.6. The van der Waals surface area contributed by atoms with Crippen molar-refractivity contribution in [3.63, 3.8) is 0 Å². The number of carbonyl (C=O) groups is 1. The Kier molecular flexibility index (Phi) is 4.00. The zero-order valence-corrected chi connectivity index (χ0v) is 13.1. The predicted molar refractivity (Wildman–Crippen MR) is 79.5 cm³/mol. The maximum absolute atomic E-state index is 12.2. The molecule has 0 bridgehead atoms. The maximum Gasteiger partial charge on any atom is 0.291 e. The number of nitrogens with one attached hydrogen (secondary N) is 1.